The van der Waals surface area contributed by atoms with Crippen molar-refractivity contribution in [1.82, 2.24) is 5.32 Å². The zero-order chi connectivity index (χ0) is 14.8. The van der Waals surface area contributed by atoms with Gasteiger partial charge in [0.05, 0.1) is 18.4 Å². The van der Waals surface area contributed by atoms with Crippen molar-refractivity contribution in [3.63, 3.8) is 0 Å². The molecule has 1 aromatic heterocycles. The van der Waals surface area contributed by atoms with Crippen molar-refractivity contribution in [3.8, 4) is 0 Å². The van der Waals surface area contributed by atoms with Crippen LogP contribution in [0.5, 0.6) is 0 Å². The summed E-state index contributed by atoms with van der Waals surface area (Å²) < 4.78 is 5.16. The average Bonchev–Trinajstić information content (AvgIpc) is 3.13. The molecule has 3 rings (SSSR count). The number of nitrogens with zero attached hydrogens (tertiary/aromatic N) is 1. The number of carbonyl (C=O) groups is 2. The number of carbonyl (C=O) groups excluding carboxylic acids is 1. The Labute approximate surface area is 121 Å². The largest absolute Gasteiger partial charge is 0.478 e. The van der Waals surface area contributed by atoms with Crippen LogP contribution in [-0.2, 0) is 13.0 Å². The van der Waals surface area contributed by atoms with Gasteiger partial charge in [-0.3, -0.25) is 4.90 Å². The first-order valence-corrected chi connectivity index (χ1v) is 6.59. The molecule has 0 atom stereocenters. The maximum absolute atomic E-state index is 12.2. The van der Waals surface area contributed by atoms with Gasteiger partial charge in [0.15, 0.2) is 0 Å². The first-order valence-electron chi connectivity index (χ1n) is 6.59. The van der Waals surface area contributed by atoms with Crippen LogP contribution >= 0.6 is 0 Å². The zero-order valence-electron chi connectivity index (χ0n) is 11.2. The quantitative estimate of drug-likeness (QED) is 0.906. The van der Waals surface area contributed by atoms with Gasteiger partial charge in [-0.25, -0.2) is 9.59 Å². The van der Waals surface area contributed by atoms with Gasteiger partial charge in [0.2, 0.25) is 0 Å². The Bertz CT molecular complexity index is 679. The van der Waals surface area contributed by atoms with Crippen molar-refractivity contribution in [1.29, 1.82) is 0 Å². The molecule has 108 valence electrons. The lowest BCUT2D eigenvalue weighted by atomic mass is 10.1. The smallest absolute Gasteiger partial charge is 0.335 e. The number of benzene rings is 1. The number of anilines is 1. The molecule has 6 nitrogen and oxygen atoms in total. The standard InChI is InChI=1S/C15H14N2O4/c18-14(19)11-4-3-10-5-6-17(13(10)8-11)15(20)16-9-12-2-1-7-21-12/h1-4,7-8H,5-6,9H2,(H,16,20)(H,18,19). The molecule has 2 aromatic rings. The minimum Gasteiger partial charge on any atom is -0.478 e. The third kappa shape index (κ3) is 2.60. The number of hydrogen-bond donors (Lipinski definition) is 2. The van der Waals surface area contributed by atoms with Gasteiger partial charge in [0.25, 0.3) is 0 Å². The highest BCUT2D eigenvalue weighted by Gasteiger charge is 2.25. The summed E-state index contributed by atoms with van der Waals surface area (Å²) in [5.41, 5.74) is 1.82. The lowest BCUT2D eigenvalue weighted by Crippen LogP contribution is -2.38. The van der Waals surface area contributed by atoms with Crippen molar-refractivity contribution in [3.05, 3.63) is 53.5 Å². The summed E-state index contributed by atoms with van der Waals surface area (Å²) in [4.78, 5) is 24.8. The predicted octanol–water partition coefficient (Wildman–Crippen LogP) is 2.25. The highest BCUT2D eigenvalue weighted by molar-refractivity contribution is 5.96. The van der Waals surface area contributed by atoms with E-state index in [9.17, 15) is 9.59 Å². The van der Waals surface area contributed by atoms with Gasteiger partial charge in [-0.05, 0) is 36.2 Å². The van der Waals surface area contributed by atoms with Crippen LogP contribution in [0.15, 0.2) is 41.0 Å². The minimum absolute atomic E-state index is 0.180. The fourth-order valence-corrected chi connectivity index (χ4v) is 2.39. The average molecular weight is 286 g/mol. The van der Waals surface area contributed by atoms with Crippen LogP contribution in [0.4, 0.5) is 10.5 Å². The third-order valence-corrected chi connectivity index (χ3v) is 3.47. The topological polar surface area (TPSA) is 82.8 Å². The van der Waals surface area contributed by atoms with E-state index in [1.807, 2.05) is 0 Å². The molecule has 2 amide bonds. The molecule has 0 saturated heterocycles. The third-order valence-electron chi connectivity index (χ3n) is 3.47. The molecular weight excluding hydrogens is 272 g/mol. The molecule has 0 aliphatic carbocycles. The number of carboxylic acids is 1. The van der Waals surface area contributed by atoms with Gasteiger partial charge in [0, 0.05) is 12.2 Å². The molecule has 0 radical (unpaired) electrons. The number of urea groups is 1. The van der Waals surface area contributed by atoms with Crippen molar-refractivity contribution in [2.75, 3.05) is 11.4 Å². The molecule has 1 aliphatic heterocycles. The Morgan fingerprint density at radius 2 is 2.19 bits per heavy atom. The van der Waals surface area contributed by atoms with Gasteiger partial charge >= 0.3 is 12.0 Å². The number of fused-ring (bicyclic) bond motifs is 1. The monoisotopic (exact) mass is 286 g/mol. The summed E-state index contributed by atoms with van der Waals surface area (Å²) in [7, 11) is 0. The highest BCUT2D eigenvalue weighted by Crippen LogP contribution is 2.29. The van der Waals surface area contributed by atoms with E-state index < -0.39 is 5.97 Å². The molecule has 0 bridgehead atoms. The molecule has 1 aromatic carbocycles. The molecule has 0 saturated carbocycles. The van der Waals surface area contributed by atoms with Gasteiger partial charge in [0.1, 0.15) is 5.76 Å². The van der Waals surface area contributed by atoms with Crippen molar-refractivity contribution < 1.29 is 19.1 Å². The molecular formula is C15H14N2O4. The molecule has 2 N–H and O–H groups in total. The molecule has 0 unspecified atom stereocenters. The Kier molecular flexibility index (Phi) is 3.35. The number of amides is 2. The second-order valence-electron chi connectivity index (χ2n) is 4.79. The fraction of sp³-hybridized carbons (Fsp3) is 0.200. The van der Waals surface area contributed by atoms with Crippen LogP contribution < -0.4 is 10.2 Å². The van der Waals surface area contributed by atoms with E-state index in [-0.39, 0.29) is 11.6 Å². The Morgan fingerprint density at radius 1 is 1.33 bits per heavy atom. The molecule has 1 aliphatic rings. The van der Waals surface area contributed by atoms with Crippen LogP contribution in [0.3, 0.4) is 0 Å². The number of hydrogen-bond acceptors (Lipinski definition) is 3. The van der Waals surface area contributed by atoms with Crippen molar-refractivity contribution in [2.24, 2.45) is 0 Å². The lowest BCUT2D eigenvalue weighted by Gasteiger charge is -2.18. The molecule has 0 spiro atoms. The summed E-state index contributed by atoms with van der Waals surface area (Å²) in [5, 5.41) is 11.8. The van der Waals surface area contributed by atoms with E-state index in [4.69, 9.17) is 9.52 Å². The Morgan fingerprint density at radius 3 is 2.90 bits per heavy atom. The van der Waals surface area contributed by atoms with Gasteiger partial charge < -0.3 is 14.8 Å². The van der Waals surface area contributed by atoms with E-state index in [0.717, 1.165) is 12.0 Å². The Balaban J connectivity index is 1.75. The number of furan rings is 1. The van der Waals surface area contributed by atoms with E-state index in [0.29, 0.717) is 24.5 Å². The lowest BCUT2D eigenvalue weighted by molar-refractivity contribution is 0.0697. The van der Waals surface area contributed by atoms with Crippen molar-refractivity contribution >= 4 is 17.7 Å². The highest BCUT2D eigenvalue weighted by atomic mass is 16.4. The minimum atomic E-state index is -0.999. The van der Waals surface area contributed by atoms with Crippen molar-refractivity contribution in [2.45, 2.75) is 13.0 Å². The summed E-state index contributed by atoms with van der Waals surface area (Å²) in [6, 6.07) is 8.14. The van der Waals surface area contributed by atoms with Gasteiger partial charge in [-0.15, -0.1) is 0 Å². The normalized spacial score (nSPS) is 13.0. The number of carboxylic acid groups (broad SMARTS) is 1. The molecule has 6 heteroatoms. The molecule has 2 heterocycles. The summed E-state index contributed by atoms with van der Waals surface area (Å²) in [6.07, 6.45) is 2.27. The second kappa shape index (κ2) is 5.32. The van der Waals surface area contributed by atoms with Crippen LogP contribution in [0.2, 0.25) is 0 Å². The SMILES string of the molecule is O=C(O)c1ccc2c(c1)N(C(=O)NCc1ccco1)CC2. The summed E-state index contributed by atoms with van der Waals surface area (Å²) in [5.74, 6) is -0.331. The van der Waals surface area contributed by atoms with Gasteiger partial charge in [-0.1, -0.05) is 6.07 Å². The van der Waals surface area contributed by atoms with Crippen LogP contribution in [-0.4, -0.2) is 23.7 Å². The second-order valence-corrected chi connectivity index (χ2v) is 4.79. The van der Waals surface area contributed by atoms with Crippen LogP contribution in [0.1, 0.15) is 21.7 Å². The maximum Gasteiger partial charge on any atom is 0.335 e. The Hall–Kier alpha value is -2.76. The fourth-order valence-electron chi connectivity index (χ4n) is 2.39. The molecule has 21 heavy (non-hydrogen) atoms. The predicted molar refractivity (Wildman–Crippen MR) is 75.4 cm³/mol. The summed E-state index contributed by atoms with van der Waals surface area (Å²) >= 11 is 0. The van der Waals surface area contributed by atoms with Crippen LogP contribution in [0, 0.1) is 0 Å². The van der Waals surface area contributed by atoms with Crippen LogP contribution in [0.25, 0.3) is 0 Å². The summed E-state index contributed by atoms with van der Waals surface area (Å²) in [6.45, 7) is 0.846. The number of aromatic carboxylic acids is 1. The first kappa shape index (κ1) is 13.2. The number of nitrogens with one attached hydrogen (secondary N) is 1. The van der Waals surface area contributed by atoms with E-state index in [2.05, 4.69) is 5.32 Å². The van der Waals surface area contributed by atoms with E-state index in [1.54, 1.807) is 35.4 Å². The van der Waals surface area contributed by atoms with Gasteiger partial charge in [-0.2, -0.15) is 0 Å². The first-order chi connectivity index (χ1) is 10.1. The zero-order valence-corrected chi connectivity index (χ0v) is 11.2. The van der Waals surface area contributed by atoms with E-state index in [1.165, 1.54) is 6.07 Å². The molecule has 0 fully saturated rings. The maximum atomic E-state index is 12.2. The van der Waals surface area contributed by atoms with E-state index >= 15 is 0 Å². The number of rotatable bonds is 3.